The molecule has 0 bridgehead atoms. The third-order valence-electron chi connectivity index (χ3n) is 3.27. The van der Waals surface area contributed by atoms with E-state index in [4.69, 9.17) is 4.74 Å². The second kappa shape index (κ2) is 10.2. The number of guanidine groups is 1. The second-order valence-corrected chi connectivity index (χ2v) is 5.37. The van der Waals surface area contributed by atoms with Gasteiger partial charge in [0.2, 0.25) is 0 Å². The van der Waals surface area contributed by atoms with Gasteiger partial charge in [0.25, 0.3) is 0 Å². The average molecular weight is 397 g/mol. The van der Waals surface area contributed by atoms with Crippen molar-refractivity contribution in [3.63, 3.8) is 0 Å². The van der Waals surface area contributed by atoms with E-state index in [1.54, 1.807) is 0 Å². The number of aliphatic imine (C=N–C) groups is 1. The van der Waals surface area contributed by atoms with Crippen LogP contribution in [-0.4, -0.2) is 50.1 Å². The van der Waals surface area contributed by atoms with Crippen molar-refractivity contribution < 1.29 is 9.53 Å². The summed E-state index contributed by atoms with van der Waals surface area (Å²) in [6.45, 7) is 9.83. The van der Waals surface area contributed by atoms with Gasteiger partial charge in [0.05, 0.1) is 13.0 Å². The quantitative estimate of drug-likeness (QED) is 0.342. The SMILES string of the molecule is CCNC(=NCC(C)C)N1CCC(C(=O)OC)CC1.I. The monoisotopic (exact) mass is 397 g/mol. The third kappa shape index (κ3) is 6.28. The Balaban J connectivity index is 0.00000361. The molecule has 1 N–H and O–H groups in total. The van der Waals surface area contributed by atoms with Crippen molar-refractivity contribution in [3.8, 4) is 0 Å². The molecule has 1 aliphatic rings. The molecule has 1 aliphatic heterocycles. The topological polar surface area (TPSA) is 53.9 Å². The highest BCUT2D eigenvalue weighted by molar-refractivity contribution is 14.0. The van der Waals surface area contributed by atoms with E-state index in [9.17, 15) is 4.79 Å². The standard InChI is InChI=1S/C14H27N3O2.HI/c1-5-15-14(16-10-11(2)3)17-8-6-12(7-9-17)13(18)19-4;/h11-12H,5-10H2,1-4H3,(H,15,16);1H. The lowest BCUT2D eigenvalue weighted by Crippen LogP contribution is -2.46. The van der Waals surface area contributed by atoms with Crippen LogP contribution in [0.25, 0.3) is 0 Å². The maximum atomic E-state index is 11.5. The van der Waals surface area contributed by atoms with E-state index in [1.807, 2.05) is 0 Å². The highest BCUT2D eigenvalue weighted by atomic mass is 127. The van der Waals surface area contributed by atoms with E-state index in [0.29, 0.717) is 5.92 Å². The fraction of sp³-hybridized carbons (Fsp3) is 0.857. The van der Waals surface area contributed by atoms with Crippen LogP contribution in [0.5, 0.6) is 0 Å². The number of rotatable bonds is 4. The van der Waals surface area contributed by atoms with Crippen molar-refractivity contribution in [1.29, 1.82) is 0 Å². The summed E-state index contributed by atoms with van der Waals surface area (Å²) in [6.07, 6.45) is 1.69. The van der Waals surface area contributed by atoms with Crippen LogP contribution in [0.4, 0.5) is 0 Å². The Hall–Kier alpha value is -0.530. The van der Waals surface area contributed by atoms with E-state index in [2.05, 4.69) is 36.0 Å². The van der Waals surface area contributed by atoms with Gasteiger partial charge in [0.15, 0.2) is 5.96 Å². The maximum Gasteiger partial charge on any atom is 0.308 e. The summed E-state index contributed by atoms with van der Waals surface area (Å²) >= 11 is 0. The minimum Gasteiger partial charge on any atom is -0.469 e. The average Bonchev–Trinajstić information content (AvgIpc) is 2.42. The van der Waals surface area contributed by atoms with E-state index >= 15 is 0 Å². The van der Waals surface area contributed by atoms with Crippen LogP contribution in [0.3, 0.4) is 0 Å². The molecule has 1 heterocycles. The molecule has 1 rings (SSSR count). The van der Waals surface area contributed by atoms with Gasteiger partial charge in [-0.1, -0.05) is 13.8 Å². The predicted molar refractivity (Wildman–Crippen MR) is 92.5 cm³/mol. The molecule has 0 unspecified atom stereocenters. The highest BCUT2D eigenvalue weighted by Crippen LogP contribution is 2.18. The zero-order valence-corrected chi connectivity index (χ0v) is 15.3. The molecule has 0 amide bonds. The van der Waals surface area contributed by atoms with Crippen LogP contribution >= 0.6 is 24.0 Å². The zero-order chi connectivity index (χ0) is 14.3. The van der Waals surface area contributed by atoms with E-state index in [1.165, 1.54) is 7.11 Å². The normalized spacial score (nSPS) is 16.9. The number of nitrogens with one attached hydrogen (secondary N) is 1. The number of nitrogens with zero attached hydrogens (tertiary/aromatic N) is 2. The van der Waals surface area contributed by atoms with Crippen molar-refractivity contribution in [2.45, 2.75) is 33.6 Å². The third-order valence-corrected chi connectivity index (χ3v) is 3.27. The number of likely N-dealkylation sites (tertiary alicyclic amines) is 1. The molecule has 0 radical (unpaired) electrons. The number of carbonyl (C=O) groups is 1. The zero-order valence-electron chi connectivity index (χ0n) is 13.0. The fourth-order valence-corrected chi connectivity index (χ4v) is 2.19. The van der Waals surface area contributed by atoms with E-state index in [0.717, 1.165) is 45.0 Å². The Labute approximate surface area is 139 Å². The smallest absolute Gasteiger partial charge is 0.308 e. The summed E-state index contributed by atoms with van der Waals surface area (Å²) in [5, 5.41) is 3.33. The van der Waals surface area contributed by atoms with Gasteiger partial charge in [-0.3, -0.25) is 9.79 Å². The number of esters is 1. The summed E-state index contributed by atoms with van der Waals surface area (Å²) in [6, 6.07) is 0. The van der Waals surface area contributed by atoms with E-state index in [-0.39, 0.29) is 35.9 Å². The molecule has 1 saturated heterocycles. The van der Waals surface area contributed by atoms with Crippen LogP contribution in [-0.2, 0) is 9.53 Å². The Bertz CT molecular complexity index is 314. The summed E-state index contributed by atoms with van der Waals surface area (Å²) in [5.74, 6) is 1.50. The minimum atomic E-state index is -0.0798. The van der Waals surface area contributed by atoms with Gasteiger partial charge in [-0.2, -0.15) is 0 Å². The van der Waals surface area contributed by atoms with Crippen molar-refractivity contribution >= 4 is 35.9 Å². The van der Waals surface area contributed by atoms with E-state index < -0.39 is 0 Å². The summed E-state index contributed by atoms with van der Waals surface area (Å²) in [5.41, 5.74) is 0. The first-order valence-corrected chi connectivity index (χ1v) is 7.19. The molecule has 1 fully saturated rings. The van der Waals surface area contributed by atoms with Crippen molar-refractivity contribution in [3.05, 3.63) is 0 Å². The number of halogens is 1. The Morgan fingerprint density at radius 2 is 2.00 bits per heavy atom. The van der Waals surface area contributed by atoms with Crippen LogP contribution in [0.15, 0.2) is 4.99 Å². The molecule has 0 aromatic heterocycles. The van der Waals surface area contributed by atoms with Gasteiger partial charge in [-0.05, 0) is 25.7 Å². The van der Waals surface area contributed by atoms with Crippen molar-refractivity contribution in [2.24, 2.45) is 16.8 Å². The first kappa shape index (κ1) is 19.5. The van der Waals surface area contributed by atoms with Gasteiger partial charge in [-0.15, -0.1) is 24.0 Å². The van der Waals surface area contributed by atoms with Gasteiger partial charge in [0.1, 0.15) is 0 Å². The maximum absolute atomic E-state index is 11.5. The predicted octanol–water partition coefficient (Wildman–Crippen LogP) is 2.11. The molecule has 0 aliphatic carbocycles. The number of piperidine rings is 1. The molecule has 20 heavy (non-hydrogen) atoms. The summed E-state index contributed by atoms with van der Waals surface area (Å²) in [4.78, 5) is 18.4. The Kier molecular flexibility index (Phi) is 9.96. The van der Waals surface area contributed by atoms with Gasteiger partial charge >= 0.3 is 5.97 Å². The lowest BCUT2D eigenvalue weighted by atomic mass is 9.97. The molecule has 6 heteroatoms. The van der Waals surface area contributed by atoms with Gasteiger partial charge < -0.3 is 15.0 Å². The molecular weight excluding hydrogens is 369 g/mol. The van der Waals surface area contributed by atoms with Crippen LogP contribution in [0.2, 0.25) is 0 Å². The Morgan fingerprint density at radius 3 is 2.45 bits per heavy atom. The summed E-state index contributed by atoms with van der Waals surface area (Å²) in [7, 11) is 1.46. The number of methoxy groups -OCH3 is 1. The molecule has 0 spiro atoms. The number of hydrogen-bond acceptors (Lipinski definition) is 3. The fourth-order valence-electron chi connectivity index (χ4n) is 2.19. The molecule has 5 nitrogen and oxygen atoms in total. The lowest BCUT2D eigenvalue weighted by Gasteiger charge is -2.33. The first-order valence-electron chi connectivity index (χ1n) is 7.19. The molecule has 0 aromatic rings. The van der Waals surface area contributed by atoms with Gasteiger partial charge in [0, 0.05) is 26.2 Å². The molecular formula is C14H28IN3O2. The number of hydrogen-bond donors (Lipinski definition) is 1. The highest BCUT2D eigenvalue weighted by Gasteiger charge is 2.26. The lowest BCUT2D eigenvalue weighted by molar-refractivity contribution is -0.146. The molecule has 0 aromatic carbocycles. The minimum absolute atomic E-state index is 0. The van der Waals surface area contributed by atoms with Crippen molar-refractivity contribution in [1.82, 2.24) is 10.2 Å². The van der Waals surface area contributed by atoms with Crippen LogP contribution in [0.1, 0.15) is 33.6 Å². The second-order valence-electron chi connectivity index (χ2n) is 5.37. The first-order chi connectivity index (χ1) is 9.08. The Morgan fingerprint density at radius 1 is 1.40 bits per heavy atom. The largest absolute Gasteiger partial charge is 0.469 e. The summed E-state index contributed by atoms with van der Waals surface area (Å²) < 4.78 is 4.81. The molecule has 0 saturated carbocycles. The van der Waals surface area contributed by atoms with Crippen LogP contribution < -0.4 is 5.32 Å². The van der Waals surface area contributed by atoms with Gasteiger partial charge in [-0.25, -0.2) is 0 Å². The molecule has 0 atom stereocenters. The molecule has 118 valence electrons. The number of carbonyl (C=O) groups excluding carboxylic acids is 1. The van der Waals surface area contributed by atoms with Crippen molar-refractivity contribution in [2.75, 3.05) is 33.3 Å². The van der Waals surface area contributed by atoms with Crippen LogP contribution in [0, 0.1) is 11.8 Å². The number of ether oxygens (including phenoxy) is 1.